The lowest BCUT2D eigenvalue weighted by Crippen LogP contribution is -2.32. The largest absolute Gasteiger partial charge is 0.573 e. The molecule has 4 nitrogen and oxygen atoms in total. The molecule has 0 heterocycles. The molecule has 0 saturated carbocycles. The van der Waals surface area contributed by atoms with Gasteiger partial charge >= 0.3 is 12.5 Å². The molecule has 1 aromatic carbocycles. The minimum Gasteiger partial charge on any atom is -0.444 e. The van der Waals surface area contributed by atoms with E-state index < -0.39 is 23.8 Å². The van der Waals surface area contributed by atoms with Crippen LogP contribution in [0.5, 0.6) is 5.75 Å². The number of nitrogens with one attached hydrogen (secondary N) is 1. The van der Waals surface area contributed by atoms with E-state index in [-0.39, 0.29) is 11.6 Å². The second-order valence-corrected chi connectivity index (χ2v) is 5.92. The Kier molecular flexibility index (Phi) is 6.32. The van der Waals surface area contributed by atoms with Crippen molar-refractivity contribution in [2.24, 2.45) is 0 Å². The fraction of sp³-hybridized carbons (Fsp3) is 0.400. The Morgan fingerprint density at radius 1 is 1.30 bits per heavy atom. The highest BCUT2D eigenvalue weighted by Crippen LogP contribution is 2.28. The van der Waals surface area contributed by atoms with Crippen molar-refractivity contribution in [1.29, 1.82) is 0 Å². The van der Waals surface area contributed by atoms with Crippen LogP contribution in [-0.4, -0.2) is 24.6 Å². The average Bonchev–Trinajstić information content (AvgIpc) is 2.32. The number of amides is 1. The molecule has 0 aliphatic heterocycles. The summed E-state index contributed by atoms with van der Waals surface area (Å²) in [7, 11) is 0. The summed E-state index contributed by atoms with van der Waals surface area (Å²) in [6.45, 7) is 5.42. The predicted octanol–water partition coefficient (Wildman–Crippen LogP) is 4.78. The van der Waals surface area contributed by atoms with E-state index in [9.17, 15) is 18.0 Å². The lowest BCUT2D eigenvalue weighted by molar-refractivity contribution is -0.274. The lowest BCUT2D eigenvalue weighted by Gasteiger charge is -2.19. The summed E-state index contributed by atoms with van der Waals surface area (Å²) in [4.78, 5) is 11.4. The Labute approximate surface area is 137 Å². The van der Waals surface area contributed by atoms with Crippen LogP contribution in [0, 0.1) is 0 Å². The molecule has 0 unspecified atom stereocenters. The van der Waals surface area contributed by atoms with E-state index in [1.54, 1.807) is 32.9 Å². The number of hydrogen-bond acceptors (Lipinski definition) is 3. The molecule has 1 N–H and O–H groups in total. The van der Waals surface area contributed by atoms with Crippen molar-refractivity contribution >= 4 is 23.8 Å². The van der Waals surface area contributed by atoms with Crippen molar-refractivity contribution in [3.05, 3.63) is 34.9 Å². The van der Waals surface area contributed by atoms with Gasteiger partial charge in [-0.3, -0.25) is 0 Å². The highest BCUT2D eigenvalue weighted by molar-refractivity contribution is 6.32. The standard InChI is InChI=1S/C15H17ClF3NO3/c1-14(2,3)23-13(21)20-8-4-5-10-6-7-11(9-12(10)16)22-15(17,18)19/h4-7,9H,8H2,1-3H3,(H,20,21). The normalized spacial score (nSPS) is 12.3. The molecule has 0 radical (unpaired) electrons. The Hall–Kier alpha value is -1.89. The molecule has 0 aliphatic rings. The van der Waals surface area contributed by atoms with Gasteiger partial charge in [-0.2, -0.15) is 0 Å². The van der Waals surface area contributed by atoms with Crippen LogP contribution in [0.4, 0.5) is 18.0 Å². The van der Waals surface area contributed by atoms with Gasteiger partial charge in [0.2, 0.25) is 0 Å². The first-order chi connectivity index (χ1) is 10.5. The van der Waals surface area contributed by atoms with Gasteiger partial charge in [0.15, 0.2) is 0 Å². The number of ether oxygens (including phenoxy) is 2. The quantitative estimate of drug-likeness (QED) is 0.849. The van der Waals surface area contributed by atoms with Crippen LogP contribution >= 0.6 is 11.6 Å². The zero-order valence-electron chi connectivity index (χ0n) is 12.8. The first-order valence-electron chi connectivity index (χ1n) is 6.65. The van der Waals surface area contributed by atoms with Crippen LogP contribution in [0.1, 0.15) is 26.3 Å². The van der Waals surface area contributed by atoms with Crippen LogP contribution < -0.4 is 10.1 Å². The van der Waals surface area contributed by atoms with Gasteiger partial charge in [0.05, 0.1) is 5.02 Å². The molecule has 0 aliphatic carbocycles. The fourth-order valence-corrected chi connectivity index (χ4v) is 1.72. The van der Waals surface area contributed by atoms with Crippen molar-refractivity contribution in [3.8, 4) is 5.75 Å². The summed E-state index contributed by atoms with van der Waals surface area (Å²) < 4.78 is 45.1. The van der Waals surface area contributed by atoms with Crippen LogP contribution in [0.3, 0.4) is 0 Å². The Morgan fingerprint density at radius 2 is 1.96 bits per heavy atom. The molecular formula is C15H17ClF3NO3. The Morgan fingerprint density at radius 3 is 2.48 bits per heavy atom. The molecule has 0 atom stereocenters. The van der Waals surface area contributed by atoms with Crippen molar-refractivity contribution < 1.29 is 27.4 Å². The molecule has 23 heavy (non-hydrogen) atoms. The number of alkyl carbamates (subject to hydrolysis) is 1. The highest BCUT2D eigenvalue weighted by Gasteiger charge is 2.31. The first kappa shape index (κ1) is 19.2. The molecule has 8 heteroatoms. The third-order valence-electron chi connectivity index (χ3n) is 2.27. The number of halogens is 4. The molecule has 0 fully saturated rings. The van der Waals surface area contributed by atoms with E-state index in [0.29, 0.717) is 5.56 Å². The second kappa shape index (κ2) is 7.59. The van der Waals surface area contributed by atoms with E-state index in [1.807, 2.05) is 0 Å². The molecular weight excluding hydrogens is 335 g/mol. The van der Waals surface area contributed by atoms with E-state index in [2.05, 4.69) is 10.1 Å². The van der Waals surface area contributed by atoms with Crippen molar-refractivity contribution in [3.63, 3.8) is 0 Å². The maximum Gasteiger partial charge on any atom is 0.573 e. The summed E-state index contributed by atoms with van der Waals surface area (Å²) in [5, 5.41) is 2.60. The van der Waals surface area contributed by atoms with Gasteiger partial charge in [-0.25, -0.2) is 4.79 Å². The summed E-state index contributed by atoms with van der Waals surface area (Å²) in [5.41, 5.74) is -0.0991. The van der Waals surface area contributed by atoms with Crippen LogP contribution in [0.15, 0.2) is 24.3 Å². The smallest absolute Gasteiger partial charge is 0.444 e. The average molecular weight is 352 g/mol. The van der Waals surface area contributed by atoms with Gasteiger partial charge in [0.1, 0.15) is 11.4 Å². The number of hydrogen-bond donors (Lipinski definition) is 1. The van der Waals surface area contributed by atoms with E-state index in [1.165, 1.54) is 6.07 Å². The molecule has 0 aromatic heterocycles. The Balaban J connectivity index is 2.56. The maximum absolute atomic E-state index is 12.1. The second-order valence-electron chi connectivity index (χ2n) is 5.52. The number of carbonyl (C=O) groups excluding carboxylic acids is 1. The summed E-state index contributed by atoms with van der Waals surface area (Å²) in [5.74, 6) is -0.397. The van der Waals surface area contributed by atoms with Gasteiger partial charge < -0.3 is 14.8 Å². The first-order valence-corrected chi connectivity index (χ1v) is 7.03. The van der Waals surface area contributed by atoms with Crippen molar-refractivity contribution in [1.82, 2.24) is 5.32 Å². The third kappa shape index (κ3) is 8.35. The van der Waals surface area contributed by atoms with Crippen molar-refractivity contribution in [2.45, 2.75) is 32.7 Å². The van der Waals surface area contributed by atoms with Gasteiger partial charge in [-0.15, -0.1) is 13.2 Å². The third-order valence-corrected chi connectivity index (χ3v) is 2.59. The van der Waals surface area contributed by atoms with Gasteiger partial charge in [0.25, 0.3) is 0 Å². The number of benzene rings is 1. The molecule has 1 aromatic rings. The van der Waals surface area contributed by atoms with E-state index in [4.69, 9.17) is 16.3 Å². The maximum atomic E-state index is 12.1. The molecule has 0 bridgehead atoms. The summed E-state index contributed by atoms with van der Waals surface area (Å²) in [6, 6.07) is 3.60. The van der Waals surface area contributed by atoms with Crippen LogP contribution in [0.25, 0.3) is 6.08 Å². The highest BCUT2D eigenvalue weighted by atomic mass is 35.5. The monoisotopic (exact) mass is 351 g/mol. The minimum absolute atomic E-state index is 0.0975. The topological polar surface area (TPSA) is 47.6 Å². The minimum atomic E-state index is -4.77. The van der Waals surface area contributed by atoms with E-state index >= 15 is 0 Å². The molecule has 1 rings (SSSR count). The van der Waals surface area contributed by atoms with Gasteiger partial charge in [-0.1, -0.05) is 23.8 Å². The summed E-state index contributed by atoms with van der Waals surface area (Å²) in [6.07, 6.45) is -2.17. The molecule has 0 saturated heterocycles. The Bertz CT molecular complexity index is 580. The number of rotatable bonds is 4. The zero-order chi connectivity index (χ0) is 17.7. The zero-order valence-corrected chi connectivity index (χ0v) is 13.6. The van der Waals surface area contributed by atoms with Crippen LogP contribution in [-0.2, 0) is 4.74 Å². The number of alkyl halides is 3. The lowest BCUT2D eigenvalue weighted by atomic mass is 10.2. The van der Waals surface area contributed by atoms with E-state index in [0.717, 1.165) is 12.1 Å². The van der Waals surface area contributed by atoms with Crippen LogP contribution in [0.2, 0.25) is 5.02 Å². The van der Waals surface area contributed by atoms with Gasteiger partial charge in [0, 0.05) is 6.54 Å². The fourth-order valence-electron chi connectivity index (χ4n) is 1.48. The van der Waals surface area contributed by atoms with Gasteiger partial charge in [-0.05, 0) is 44.5 Å². The van der Waals surface area contributed by atoms with Crippen molar-refractivity contribution in [2.75, 3.05) is 6.54 Å². The predicted molar refractivity (Wildman–Crippen MR) is 81.4 cm³/mol. The molecule has 128 valence electrons. The number of carbonyl (C=O) groups is 1. The molecule has 0 spiro atoms. The SMILES string of the molecule is CC(C)(C)OC(=O)NCC=Cc1ccc(OC(F)(F)F)cc1Cl. The molecule has 1 amide bonds. The summed E-state index contributed by atoms with van der Waals surface area (Å²) >= 11 is 5.88.